The lowest BCUT2D eigenvalue weighted by Crippen LogP contribution is -2.54. The van der Waals surface area contributed by atoms with Crippen LogP contribution < -0.4 is 4.74 Å². The van der Waals surface area contributed by atoms with Crippen molar-refractivity contribution in [3.63, 3.8) is 0 Å². The summed E-state index contributed by atoms with van der Waals surface area (Å²) in [6.07, 6.45) is 4.97. The summed E-state index contributed by atoms with van der Waals surface area (Å²) in [5.41, 5.74) is 0.230. The summed E-state index contributed by atoms with van der Waals surface area (Å²) in [5.74, 6) is 0.299. The lowest BCUT2D eigenvalue weighted by Gasteiger charge is -2.48. The molecule has 25 heavy (non-hydrogen) atoms. The molecule has 1 aromatic heterocycles. The number of methoxy groups -OCH3 is 2. The van der Waals surface area contributed by atoms with Crippen LogP contribution in [0.5, 0.6) is 5.19 Å². The van der Waals surface area contributed by atoms with Gasteiger partial charge in [0.05, 0.1) is 13.7 Å². The molecule has 1 spiro atoms. The van der Waals surface area contributed by atoms with Gasteiger partial charge < -0.3 is 14.4 Å². The number of rotatable bonds is 7. The van der Waals surface area contributed by atoms with E-state index in [1.54, 1.807) is 14.2 Å². The third-order valence-corrected chi connectivity index (χ3v) is 6.12. The Morgan fingerprint density at radius 1 is 1.24 bits per heavy atom. The quantitative estimate of drug-likeness (QED) is 0.684. The summed E-state index contributed by atoms with van der Waals surface area (Å²) < 4.78 is 10.3. The van der Waals surface area contributed by atoms with Gasteiger partial charge in [-0.15, -0.1) is 10.2 Å². The Bertz CT molecular complexity index is 582. The maximum absolute atomic E-state index is 12.3. The molecule has 2 fully saturated rings. The zero-order chi connectivity index (χ0) is 17.7. The highest BCUT2D eigenvalue weighted by atomic mass is 32.1. The Balaban J connectivity index is 1.59. The van der Waals surface area contributed by atoms with Crippen LogP contribution in [0.4, 0.5) is 0 Å². The van der Waals surface area contributed by atoms with Crippen LogP contribution in [0, 0.1) is 5.41 Å². The van der Waals surface area contributed by atoms with Crippen molar-refractivity contribution in [3.8, 4) is 5.19 Å². The Morgan fingerprint density at radius 2 is 2.12 bits per heavy atom. The van der Waals surface area contributed by atoms with Crippen LogP contribution in [0.15, 0.2) is 0 Å². The summed E-state index contributed by atoms with van der Waals surface area (Å²) in [6.45, 7) is 5.33. The predicted octanol–water partition coefficient (Wildman–Crippen LogP) is 1.79. The first-order valence-corrected chi connectivity index (χ1v) is 9.81. The maximum Gasteiger partial charge on any atom is 0.293 e. The molecule has 1 atom stereocenters. The minimum absolute atomic E-state index is 0.230. The summed E-state index contributed by atoms with van der Waals surface area (Å²) in [4.78, 5) is 16.8. The van der Waals surface area contributed by atoms with E-state index in [1.165, 1.54) is 24.2 Å². The van der Waals surface area contributed by atoms with Gasteiger partial charge in [-0.1, -0.05) is 11.3 Å². The lowest BCUT2D eigenvalue weighted by atomic mass is 9.73. The topological polar surface area (TPSA) is 67.8 Å². The normalized spacial score (nSPS) is 24.9. The van der Waals surface area contributed by atoms with Gasteiger partial charge in [0, 0.05) is 45.2 Å². The Labute approximate surface area is 153 Å². The highest BCUT2D eigenvalue weighted by Crippen LogP contribution is 2.39. The van der Waals surface area contributed by atoms with E-state index in [0.29, 0.717) is 24.1 Å². The third kappa shape index (κ3) is 4.68. The molecule has 3 heterocycles. The molecule has 0 aliphatic carbocycles. The Kier molecular flexibility index (Phi) is 6.24. The molecule has 7 nitrogen and oxygen atoms in total. The average molecular weight is 369 g/mol. The van der Waals surface area contributed by atoms with E-state index in [-0.39, 0.29) is 5.41 Å². The number of hydrogen-bond acceptors (Lipinski definition) is 7. The van der Waals surface area contributed by atoms with Crippen molar-refractivity contribution in [2.45, 2.75) is 38.6 Å². The van der Waals surface area contributed by atoms with Crippen molar-refractivity contribution in [3.05, 3.63) is 5.01 Å². The number of aromatic nitrogens is 2. The molecule has 0 unspecified atom stereocenters. The van der Waals surface area contributed by atoms with Crippen LogP contribution >= 0.6 is 11.3 Å². The molecule has 0 saturated carbocycles. The number of carbonyl (C=O) groups excluding carboxylic acids is 1. The van der Waals surface area contributed by atoms with Gasteiger partial charge in [0.15, 0.2) is 0 Å². The number of ether oxygens (including phenoxy) is 2. The summed E-state index contributed by atoms with van der Waals surface area (Å²) in [5, 5.41) is 9.86. The molecule has 1 amide bonds. The summed E-state index contributed by atoms with van der Waals surface area (Å²) >= 11 is 1.51. The van der Waals surface area contributed by atoms with Crippen molar-refractivity contribution in [2.24, 2.45) is 5.41 Å². The van der Waals surface area contributed by atoms with Crippen LogP contribution in [0.3, 0.4) is 0 Å². The minimum Gasteiger partial charge on any atom is -0.472 e. The molecule has 2 saturated heterocycles. The van der Waals surface area contributed by atoms with E-state index in [0.717, 1.165) is 50.6 Å². The monoisotopic (exact) mass is 368 g/mol. The SMILES string of the molecule is COCCCN1C[C@@]2(CCCN(Cc3nnc(OC)s3)C2)CCC1=O. The van der Waals surface area contributed by atoms with Gasteiger partial charge in [-0.05, 0) is 32.2 Å². The number of carbonyl (C=O) groups is 1. The largest absolute Gasteiger partial charge is 0.472 e. The van der Waals surface area contributed by atoms with Crippen molar-refractivity contribution in [2.75, 3.05) is 47.0 Å². The van der Waals surface area contributed by atoms with E-state index in [4.69, 9.17) is 9.47 Å². The van der Waals surface area contributed by atoms with Crippen molar-refractivity contribution < 1.29 is 14.3 Å². The van der Waals surface area contributed by atoms with E-state index in [9.17, 15) is 4.79 Å². The standard InChI is InChI=1S/C17H28N4O3S/c1-23-10-4-9-21-13-17(7-5-15(21)22)6-3-8-20(12-17)11-14-18-19-16(24-2)25-14/h3-13H2,1-2H3/t17-/m0/s1. The van der Waals surface area contributed by atoms with Crippen LogP contribution in [-0.2, 0) is 16.1 Å². The molecular weight excluding hydrogens is 340 g/mol. The summed E-state index contributed by atoms with van der Waals surface area (Å²) in [7, 11) is 3.33. The minimum atomic E-state index is 0.230. The van der Waals surface area contributed by atoms with Crippen LogP contribution in [0.1, 0.15) is 37.1 Å². The molecule has 1 aromatic rings. The summed E-state index contributed by atoms with van der Waals surface area (Å²) in [6, 6.07) is 0. The van der Waals surface area contributed by atoms with E-state index < -0.39 is 0 Å². The Morgan fingerprint density at radius 3 is 2.88 bits per heavy atom. The van der Waals surface area contributed by atoms with Gasteiger partial charge in [0.25, 0.3) is 5.19 Å². The van der Waals surface area contributed by atoms with Gasteiger partial charge in [-0.3, -0.25) is 9.69 Å². The van der Waals surface area contributed by atoms with Crippen LogP contribution in [-0.4, -0.2) is 72.9 Å². The van der Waals surface area contributed by atoms with Crippen molar-refractivity contribution in [1.82, 2.24) is 20.0 Å². The van der Waals surface area contributed by atoms with E-state index >= 15 is 0 Å². The molecule has 140 valence electrons. The fourth-order valence-electron chi connectivity index (χ4n) is 4.06. The first-order valence-electron chi connectivity index (χ1n) is 8.99. The van der Waals surface area contributed by atoms with Gasteiger partial charge in [0.1, 0.15) is 5.01 Å². The number of nitrogens with zero attached hydrogens (tertiary/aromatic N) is 4. The van der Waals surface area contributed by atoms with Gasteiger partial charge >= 0.3 is 0 Å². The zero-order valence-corrected chi connectivity index (χ0v) is 16.0. The highest BCUT2D eigenvalue weighted by molar-refractivity contribution is 7.13. The second-order valence-corrected chi connectivity index (χ2v) is 8.17. The van der Waals surface area contributed by atoms with Gasteiger partial charge in [0.2, 0.25) is 5.91 Å². The number of piperidine rings is 2. The maximum atomic E-state index is 12.3. The van der Waals surface area contributed by atoms with Crippen molar-refractivity contribution in [1.29, 1.82) is 0 Å². The fraction of sp³-hybridized carbons (Fsp3) is 0.824. The predicted molar refractivity (Wildman–Crippen MR) is 95.7 cm³/mol. The van der Waals surface area contributed by atoms with Gasteiger partial charge in [-0.2, -0.15) is 0 Å². The molecule has 0 aromatic carbocycles. The first-order chi connectivity index (χ1) is 12.1. The van der Waals surface area contributed by atoms with Crippen LogP contribution in [0.2, 0.25) is 0 Å². The number of hydrogen-bond donors (Lipinski definition) is 0. The van der Waals surface area contributed by atoms with Crippen molar-refractivity contribution >= 4 is 17.2 Å². The highest BCUT2D eigenvalue weighted by Gasteiger charge is 2.41. The molecule has 0 N–H and O–H groups in total. The molecule has 8 heteroatoms. The Hall–Kier alpha value is -1.25. The molecule has 2 aliphatic rings. The molecule has 3 rings (SSSR count). The zero-order valence-electron chi connectivity index (χ0n) is 15.2. The first kappa shape index (κ1) is 18.5. The van der Waals surface area contributed by atoms with E-state index in [1.807, 2.05) is 0 Å². The molecular formula is C17H28N4O3S. The molecule has 0 radical (unpaired) electrons. The van der Waals surface area contributed by atoms with Crippen LogP contribution in [0.25, 0.3) is 0 Å². The lowest BCUT2D eigenvalue weighted by molar-refractivity contribution is -0.139. The average Bonchev–Trinajstić information content (AvgIpc) is 3.06. The van der Waals surface area contributed by atoms with E-state index in [2.05, 4.69) is 20.0 Å². The number of likely N-dealkylation sites (tertiary alicyclic amines) is 2. The second-order valence-electron chi connectivity index (χ2n) is 7.14. The third-order valence-electron chi connectivity index (χ3n) is 5.25. The number of amides is 1. The second kappa shape index (κ2) is 8.42. The molecule has 2 aliphatic heterocycles. The molecule has 0 bridgehead atoms. The smallest absolute Gasteiger partial charge is 0.293 e. The fourth-order valence-corrected chi connectivity index (χ4v) is 4.76. The van der Waals surface area contributed by atoms with Gasteiger partial charge in [-0.25, -0.2) is 0 Å².